The van der Waals surface area contributed by atoms with Gasteiger partial charge in [-0.2, -0.15) is 10.1 Å². The van der Waals surface area contributed by atoms with Gasteiger partial charge in [-0.25, -0.2) is 0 Å². The summed E-state index contributed by atoms with van der Waals surface area (Å²) < 4.78 is 0.919. The highest BCUT2D eigenvalue weighted by Gasteiger charge is 2.44. The number of carbonyl (C=O) groups is 1. The van der Waals surface area contributed by atoms with Gasteiger partial charge < -0.3 is 5.11 Å². The van der Waals surface area contributed by atoms with Crippen molar-refractivity contribution >= 4 is 27.5 Å². The zero-order valence-corrected chi connectivity index (χ0v) is 14.3. The standard InChI is InChI=1S/C18H17BrN2O2/c1-13-12-18(23,15-7-9-16(19)10-8-15)21(20-13)17(22)11-14-5-3-2-4-6-14/h2-10,23H,11-12H2,1H3/t18-/m0/s1. The van der Waals surface area contributed by atoms with Gasteiger partial charge in [0.2, 0.25) is 5.91 Å². The summed E-state index contributed by atoms with van der Waals surface area (Å²) in [5.74, 6) is -0.224. The van der Waals surface area contributed by atoms with Crippen molar-refractivity contribution in [2.45, 2.75) is 25.5 Å². The second-order valence-electron chi connectivity index (χ2n) is 5.70. The third-order valence-electron chi connectivity index (χ3n) is 3.86. The van der Waals surface area contributed by atoms with E-state index in [1.165, 1.54) is 5.01 Å². The molecule has 1 aliphatic heterocycles. The summed E-state index contributed by atoms with van der Waals surface area (Å²) in [7, 11) is 0. The molecule has 0 unspecified atom stereocenters. The van der Waals surface area contributed by atoms with Gasteiger partial charge >= 0.3 is 0 Å². The molecule has 0 aromatic heterocycles. The van der Waals surface area contributed by atoms with Crippen LogP contribution in [0.4, 0.5) is 0 Å². The van der Waals surface area contributed by atoms with E-state index in [0.29, 0.717) is 12.0 Å². The lowest BCUT2D eigenvalue weighted by atomic mass is 9.97. The summed E-state index contributed by atoms with van der Waals surface area (Å²) in [6.07, 6.45) is 0.519. The van der Waals surface area contributed by atoms with E-state index < -0.39 is 5.72 Å². The Hall–Kier alpha value is -1.98. The zero-order chi connectivity index (χ0) is 16.4. The molecule has 1 heterocycles. The highest BCUT2D eigenvalue weighted by atomic mass is 79.9. The van der Waals surface area contributed by atoms with Crippen LogP contribution < -0.4 is 0 Å². The Bertz CT molecular complexity index is 743. The van der Waals surface area contributed by atoms with E-state index >= 15 is 0 Å². The summed E-state index contributed by atoms with van der Waals surface area (Å²) >= 11 is 3.38. The van der Waals surface area contributed by atoms with Gasteiger partial charge in [0.15, 0.2) is 5.72 Å². The Kier molecular flexibility index (Phi) is 4.33. The van der Waals surface area contributed by atoms with Crippen LogP contribution in [0, 0.1) is 0 Å². The van der Waals surface area contributed by atoms with Gasteiger partial charge in [-0.1, -0.05) is 58.4 Å². The lowest BCUT2D eigenvalue weighted by Gasteiger charge is -2.31. The lowest BCUT2D eigenvalue weighted by Crippen LogP contribution is -2.44. The Morgan fingerprint density at radius 3 is 2.52 bits per heavy atom. The number of hydrogen-bond donors (Lipinski definition) is 1. The molecule has 118 valence electrons. The summed E-state index contributed by atoms with van der Waals surface area (Å²) in [4.78, 5) is 12.7. The average Bonchev–Trinajstić information content (AvgIpc) is 2.85. The van der Waals surface area contributed by atoms with Crippen LogP contribution in [0.5, 0.6) is 0 Å². The minimum atomic E-state index is -1.42. The lowest BCUT2D eigenvalue weighted by molar-refractivity contribution is -0.157. The van der Waals surface area contributed by atoms with Crippen LogP contribution in [0.2, 0.25) is 0 Å². The fraction of sp³-hybridized carbons (Fsp3) is 0.222. The second kappa shape index (κ2) is 6.26. The van der Waals surface area contributed by atoms with Gasteiger partial charge in [-0.3, -0.25) is 4.79 Å². The Labute approximate surface area is 143 Å². The topological polar surface area (TPSA) is 52.9 Å². The molecule has 1 N–H and O–H groups in total. The molecule has 23 heavy (non-hydrogen) atoms. The first-order valence-electron chi connectivity index (χ1n) is 7.38. The number of nitrogens with zero attached hydrogens (tertiary/aromatic N) is 2. The van der Waals surface area contributed by atoms with E-state index in [1.807, 2.05) is 49.4 Å². The van der Waals surface area contributed by atoms with Crippen molar-refractivity contribution in [3.05, 3.63) is 70.2 Å². The molecule has 0 saturated carbocycles. The van der Waals surface area contributed by atoms with Crippen molar-refractivity contribution < 1.29 is 9.90 Å². The molecule has 1 atom stereocenters. The van der Waals surface area contributed by atoms with Crippen molar-refractivity contribution in [3.8, 4) is 0 Å². The molecule has 0 spiro atoms. The van der Waals surface area contributed by atoms with E-state index in [4.69, 9.17) is 0 Å². The number of hydrazone groups is 1. The first-order chi connectivity index (χ1) is 11.0. The normalized spacial score (nSPS) is 20.5. The first-order valence-corrected chi connectivity index (χ1v) is 8.18. The summed E-state index contributed by atoms with van der Waals surface area (Å²) in [6.45, 7) is 1.82. The van der Waals surface area contributed by atoms with Crippen LogP contribution in [-0.2, 0) is 16.9 Å². The number of halogens is 1. The van der Waals surface area contributed by atoms with Gasteiger partial charge in [-0.15, -0.1) is 0 Å². The van der Waals surface area contributed by atoms with E-state index in [9.17, 15) is 9.90 Å². The van der Waals surface area contributed by atoms with Crippen LogP contribution in [0.15, 0.2) is 64.2 Å². The molecule has 5 heteroatoms. The molecule has 0 bridgehead atoms. The molecular formula is C18H17BrN2O2. The van der Waals surface area contributed by atoms with Gasteiger partial charge in [0, 0.05) is 22.2 Å². The van der Waals surface area contributed by atoms with Crippen LogP contribution in [-0.4, -0.2) is 21.7 Å². The van der Waals surface area contributed by atoms with Crippen LogP contribution in [0.1, 0.15) is 24.5 Å². The third kappa shape index (κ3) is 3.21. The Morgan fingerprint density at radius 1 is 1.22 bits per heavy atom. The van der Waals surface area contributed by atoms with Gasteiger partial charge in [0.25, 0.3) is 0 Å². The number of carbonyl (C=O) groups excluding carboxylic acids is 1. The number of benzene rings is 2. The highest BCUT2D eigenvalue weighted by Crippen LogP contribution is 2.36. The van der Waals surface area contributed by atoms with Crippen molar-refractivity contribution in [1.82, 2.24) is 5.01 Å². The molecule has 1 aliphatic rings. The molecule has 3 rings (SSSR count). The SMILES string of the molecule is CC1=NN(C(=O)Cc2ccccc2)[C@@](O)(c2ccc(Br)cc2)C1. The average molecular weight is 373 g/mol. The van der Waals surface area contributed by atoms with E-state index in [0.717, 1.165) is 15.7 Å². The summed E-state index contributed by atoms with van der Waals surface area (Å²) in [5, 5.41) is 16.6. The second-order valence-corrected chi connectivity index (χ2v) is 6.62. The number of rotatable bonds is 3. The van der Waals surface area contributed by atoms with E-state index in [2.05, 4.69) is 21.0 Å². The molecule has 0 radical (unpaired) electrons. The molecule has 2 aromatic rings. The molecular weight excluding hydrogens is 356 g/mol. The van der Waals surface area contributed by atoms with Crippen molar-refractivity contribution in [2.75, 3.05) is 0 Å². The molecule has 2 aromatic carbocycles. The maximum atomic E-state index is 12.7. The van der Waals surface area contributed by atoms with Crippen LogP contribution in [0.25, 0.3) is 0 Å². The summed E-state index contributed by atoms with van der Waals surface area (Å²) in [5.41, 5.74) is 0.867. The van der Waals surface area contributed by atoms with Gasteiger partial charge in [0.05, 0.1) is 6.42 Å². The maximum Gasteiger partial charge on any atom is 0.250 e. The number of hydrogen-bond acceptors (Lipinski definition) is 3. The van der Waals surface area contributed by atoms with Crippen molar-refractivity contribution in [2.24, 2.45) is 5.10 Å². The van der Waals surface area contributed by atoms with E-state index in [-0.39, 0.29) is 12.3 Å². The van der Waals surface area contributed by atoms with E-state index in [1.54, 1.807) is 12.1 Å². The quantitative estimate of drug-likeness (QED) is 0.896. The van der Waals surface area contributed by atoms with Crippen molar-refractivity contribution in [1.29, 1.82) is 0 Å². The Balaban J connectivity index is 1.89. The Morgan fingerprint density at radius 2 is 1.87 bits per heavy atom. The number of aliphatic hydroxyl groups is 1. The highest BCUT2D eigenvalue weighted by molar-refractivity contribution is 9.10. The van der Waals surface area contributed by atoms with Crippen LogP contribution in [0.3, 0.4) is 0 Å². The van der Waals surface area contributed by atoms with Crippen molar-refractivity contribution in [3.63, 3.8) is 0 Å². The zero-order valence-electron chi connectivity index (χ0n) is 12.7. The summed E-state index contributed by atoms with van der Waals surface area (Å²) in [6, 6.07) is 16.8. The molecule has 1 amide bonds. The third-order valence-corrected chi connectivity index (χ3v) is 4.39. The minimum Gasteiger partial charge on any atom is -0.365 e. The largest absolute Gasteiger partial charge is 0.365 e. The maximum absolute atomic E-state index is 12.7. The minimum absolute atomic E-state index is 0.205. The molecule has 0 fully saturated rings. The predicted molar refractivity (Wildman–Crippen MR) is 92.8 cm³/mol. The van der Waals surface area contributed by atoms with Crippen LogP contribution >= 0.6 is 15.9 Å². The smallest absolute Gasteiger partial charge is 0.250 e. The number of amides is 1. The first kappa shape index (κ1) is 15.9. The molecule has 4 nitrogen and oxygen atoms in total. The fourth-order valence-electron chi connectivity index (χ4n) is 2.77. The molecule has 0 saturated heterocycles. The van der Waals surface area contributed by atoms with Gasteiger partial charge in [0.1, 0.15) is 0 Å². The predicted octanol–water partition coefficient (Wildman–Crippen LogP) is 3.45. The molecule has 0 aliphatic carbocycles. The monoisotopic (exact) mass is 372 g/mol. The van der Waals surface area contributed by atoms with Gasteiger partial charge in [-0.05, 0) is 24.6 Å². The fourth-order valence-corrected chi connectivity index (χ4v) is 3.03.